The van der Waals surface area contributed by atoms with Crippen molar-refractivity contribution in [3.05, 3.63) is 49.1 Å². The molecule has 0 aliphatic heterocycles. The van der Waals surface area contributed by atoms with Gasteiger partial charge < -0.3 is 14.2 Å². The fourth-order valence-corrected chi connectivity index (χ4v) is 1.94. The van der Waals surface area contributed by atoms with Gasteiger partial charge in [0.2, 0.25) is 0 Å². The number of aromatic nitrogens is 2. The molecule has 0 fully saturated rings. The van der Waals surface area contributed by atoms with Crippen molar-refractivity contribution in [3.63, 3.8) is 0 Å². The standard InChI is InChI=1S/C13H16N2O2/c16-13(17)12(15-10-3-4-11-15)6-5-9-14-7-1-2-8-14/h1-4,7-8,10-12H,5-6,9H2,(H,16,17). The number of hydrogen-bond acceptors (Lipinski definition) is 1. The smallest absolute Gasteiger partial charge is 0.326 e. The first kappa shape index (κ1) is 11.5. The van der Waals surface area contributed by atoms with Crippen LogP contribution in [0.25, 0.3) is 0 Å². The van der Waals surface area contributed by atoms with Crippen molar-refractivity contribution in [2.75, 3.05) is 0 Å². The predicted molar refractivity (Wildman–Crippen MR) is 64.8 cm³/mol. The van der Waals surface area contributed by atoms with Crippen molar-refractivity contribution in [1.82, 2.24) is 9.13 Å². The van der Waals surface area contributed by atoms with Gasteiger partial charge >= 0.3 is 5.97 Å². The first-order chi connectivity index (χ1) is 8.27. The number of carbonyl (C=O) groups is 1. The van der Waals surface area contributed by atoms with Crippen LogP contribution in [0.2, 0.25) is 0 Å². The third kappa shape index (κ3) is 3.00. The van der Waals surface area contributed by atoms with E-state index in [0.717, 1.165) is 13.0 Å². The highest BCUT2D eigenvalue weighted by atomic mass is 16.4. The fourth-order valence-electron chi connectivity index (χ4n) is 1.94. The van der Waals surface area contributed by atoms with E-state index in [0.29, 0.717) is 6.42 Å². The third-order valence-corrected chi connectivity index (χ3v) is 2.83. The van der Waals surface area contributed by atoms with E-state index in [1.54, 1.807) is 17.0 Å². The molecule has 0 amide bonds. The number of nitrogens with zero attached hydrogens (tertiary/aromatic N) is 2. The monoisotopic (exact) mass is 232 g/mol. The third-order valence-electron chi connectivity index (χ3n) is 2.83. The molecule has 0 spiro atoms. The maximum atomic E-state index is 11.2. The van der Waals surface area contributed by atoms with Crippen LogP contribution in [-0.2, 0) is 11.3 Å². The minimum Gasteiger partial charge on any atom is -0.480 e. The van der Waals surface area contributed by atoms with Crippen molar-refractivity contribution in [3.8, 4) is 0 Å². The first-order valence-corrected chi connectivity index (χ1v) is 5.73. The minimum atomic E-state index is -0.770. The summed E-state index contributed by atoms with van der Waals surface area (Å²) in [5, 5.41) is 9.17. The van der Waals surface area contributed by atoms with Gasteiger partial charge in [0.25, 0.3) is 0 Å². The molecule has 17 heavy (non-hydrogen) atoms. The molecule has 0 saturated carbocycles. The van der Waals surface area contributed by atoms with Gasteiger partial charge in [0.15, 0.2) is 0 Å². The van der Waals surface area contributed by atoms with Gasteiger partial charge in [-0.25, -0.2) is 4.79 Å². The molecular formula is C13H16N2O2. The van der Waals surface area contributed by atoms with Crippen molar-refractivity contribution < 1.29 is 9.90 Å². The number of rotatable bonds is 6. The maximum Gasteiger partial charge on any atom is 0.326 e. The predicted octanol–water partition coefficient (Wildman–Crippen LogP) is 2.40. The summed E-state index contributed by atoms with van der Waals surface area (Å²) >= 11 is 0. The normalized spacial score (nSPS) is 12.5. The van der Waals surface area contributed by atoms with E-state index >= 15 is 0 Å². The second-order valence-corrected chi connectivity index (χ2v) is 4.05. The Bertz CT molecular complexity index is 446. The topological polar surface area (TPSA) is 47.2 Å². The molecule has 1 unspecified atom stereocenters. The molecule has 90 valence electrons. The molecule has 4 heteroatoms. The average Bonchev–Trinajstić information content (AvgIpc) is 2.96. The molecule has 0 saturated heterocycles. The molecule has 0 aliphatic rings. The molecule has 0 aliphatic carbocycles. The highest BCUT2D eigenvalue weighted by Crippen LogP contribution is 2.15. The lowest BCUT2D eigenvalue weighted by atomic mass is 10.1. The molecule has 0 bridgehead atoms. The van der Waals surface area contributed by atoms with E-state index in [9.17, 15) is 9.90 Å². The molecule has 4 nitrogen and oxygen atoms in total. The second-order valence-electron chi connectivity index (χ2n) is 4.05. The van der Waals surface area contributed by atoms with E-state index in [2.05, 4.69) is 4.57 Å². The Morgan fingerprint density at radius 3 is 2.24 bits per heavy atom. The zero-order chi connectivity index (χ0) is 12.1. The zero-order valence-corrected chi connectivity index (χ0v) is 9.57. The molecule has 1 N–H and O–H groups in total. The van der Waals surface area contributed by atoms with Crippen molar-refractivity contribution >= 4 is 5.97 Å². The zero-order valence-electron chi connectivity index (χ0n) is 9.57. The summed E-state index contributed by atoms with van der Waals surface area (Å²) in [7, 11) is 0. The lowest BCUT2D eigenvalue weighted by Gasteiger charge is -2.14. The van der Waals surface area contributed by atoms with Gasteiger partial charge in [-0.1, -0.05) is 0 Å². The summed E-state index contributed by atoms with van der Waals surface area (Å²) in [4.78, 5) is 11.2. The summed E-state index contributed by atoms with van der Waals surface area (Å²) in [6.07, 6.45) is 9.08. The fraction of sp³-hybridized carbons (Fsp3) is 0.308. The van der Waals surface area contributed by atoms with E-state index in [1.807, 2.05) is 36.7 Å². The highest BCUT2D eigenvalue weighted by Gasteiger charge is 2.17. The largest absolute Gasteiger partial charge is 0.480 e. The molecular weight excluding hydrogens is 216 g/mol. The van der Waals surface area contributed by atoms with Crippen molar-refractivity contribution in [2.24, 2.45) is 0 Å². The van der Waals surface area contributed by atoms with Crippen LogP contribution in [0, 0.1) is 0 Å². The van der Waals surface area contributed by atoms with Crippen LogP contribution in [0.1, 0.15) is 18.9 Å². The molecule has 1 atom stereocenters. The Balaban J connectivity index is 1.89. The Labute approximate surface area is 100 Å². The van der Waals surface area contributed by atoms with Crippen LogP contribution < -0.4 is 0 Å². The number of hydrogen-bond donors (Lipinski definition) is 1. The van der Waals surface area contributed by atoms with Crippen LogP contribution in [0.5, 0.6) is 0 Å². The second kappa shape index (κ2) is 5.39. The molecule has 2 aromatic rings. The average molecular weight is 232 g/mol. The Hall–Kier alpha value is -1.97. The Morgan fingerprint density at radius 1 is 1.06 bits per heavy atom. The summed E-state index contributed by atoms with van der Waals surface area (Å²) in [5.74, 6) is -0.770. The lowest BCUT2D eigenvalue weighted by Crippen LogP contribution is -2.18. The summed E-state index contributed by atoms with van der Waals surface area (Å²) in [6, 6.07) is 7.19. The van der Waals surface area contributed by atoms with Gasteiger partial charge in [-0.2, -0.15) is 0 Å². The Morgan fingerprint density at radius 2 is 1.65 bits per heavy atom. The molecule has 2 aromatic heterocycles. The van der Waals surface area contributed by atoms with Crippen molar-refractivity contribution in [1.29, 1.82) is 0 Å². The number of aryl methyl sites for hydroxylation is 1. The number of carboxylic acid groups (broad SMARTS) is 1. The van der Waals surface area contributed by atoms with Gasteiger partial charge in [0.05, 0.1) is 0 Å². The minimum absolute atomic E-state index is 0.458. The van der Waals surface area contributed by atoms with Gasteiger partial charge in [0, 0.05) is 31.3 Å². The van der Waals surface area contributed by atoms with E-state index < -0.39 is 12.0 Å². The van der Waals surface area contributed by atoms with E-state index in [4.69, 9.17) is 0 Å². The number of aliphatic carboxylic acids is 1. The van der Waals surface area contributed by atoms with Crippen LogP contribution >= 0.6 is 0 Å². The molecule has 2 heterocycles. The molecule has 0 radical (unpaired) electrons. The van der Waals surface area contributed by atoms with Crippen LogP contribution in [0.3, 0.4) is 0 Å². The number of carboxylic acids is 1. The lowest BCUT2D eigenvalue weighted by molar-refractivity contribution is -0.141. The molecule has 2 rings (SSSR count). The Kier molecular flexibility index (Phi) is 3.65. The summed E-state index contributed by atoms with van der Waals surface area (Å²) < 4.78 is 3.81. The maximum absolute atomic E-state index is 11.2. The first-order valence-electron chi connectivity index (χ1n) is 5.73. The van der Waals surface area contributed by atoms with Gasteiger partial charge in [0.1, 0.15) is 6.04 Å². The van der Waals surface area contributed by atoms with Gasteiger partial charge in [-0.3, -0.25) is 0 Å². The molecule has 0 aromatic carbocycles. The highest BCUT2D eigenvalue weighted by molar-refractivity contribution is 5.71. The van der Waals surface area contributed by atoms with Crippen molar-refractivity contribution in [2.45, 2.75) is 25.4 Å². The van der Waals surface area contributed by atoms with E-state index in [-0.39, 0.29) is 0 Å². The quantitative estimate of drug-likeness (QED) is 0.831. The van der Waals surface area contributed by atoms with Crippen LogP contribution in [0.15, 0.2) is 49.1 Å². The van der Waals surface area contributed by atoms with Crippen LogP contribution in [-0.4, -0.2) is 20.2 Å². The summed E-state index contributed by atoms with van der Waals surface area (Å²) in [5.41, 5.74) is 0. The summed E-state index contributed by atoms with van der Waals surface area (Å²) in [6.45, 7) is 0.859. The van der Waals surface area contributed by atoms with Gasteiger partial charge in [-0.05, 0) is 37.1 Å². The van der Waals surface area contributed by atoms with Crippen LogP contribution in [0.4, 0.5) is 0 Å². The van der Waals surface area contributed by atoms with E-state index in [1.165, 1.54) is 0 Å². The SMILES string of the molecule is O=C(O)C(CCCn1cccc1)n1cccc1. The van der Waals surface area contributed by atoms with Gasteiger partial charge in [-0.15, -0.1) is 0 Å².